The van der Waals surface area contributed by atoms with Gasteiger partial charge in [0.2, 0.25) is 0 Å². The van der Waals surface area contributed by atoms with E-state index < -0.39 is 0 Å². The molecule has 0 aromatic heterocycles. The van der Waals surface area contributed by atoms with Gasteiger partial charge in [0.05, 0.1) is 0 Å². The fourth-order valence-corrected chi connectivity index (χ4v) is 12.3. The van der Waals surface area contributed by atoms with Crippen LogP contribution in [-0.2, 0) is 44.5 Å². The second-order valence-electron chi connectivity index (χ2n) is 31.2. The minimum Gasteiger partial charge on any atom is -0.457 e. The summed E-state index contributed by atoms with van der Waals surface area (Å²) in [4.78, 5) is 2.59. The third-order valence-corrected chi connectivity index (χ3v) is 20.0. The summed E-state index contributed by atoms with van der Waals surface area (Å²) in [6.07, 6.45) is 2.28. The van der Waals surface area contributed by atoms with Crippen LogP contribution in [-0.4, -0.2) is 0 Å². The van der Waals surface area contributed by atoms with E-state index in [9.17, 15) is 0 Å². The van der Waals surface area contributed by atoms with Gasteiger partial charge < -0.3 is 12.2 Å². The molecule has 0 bridgehead atoms. The van der Waals surface area contributed by atoms with E-state index in [1.54, 1.807) is 11.8 Å². The Balaban J connectivity index is 0. The van der Waals surface area contributed by atoms with E-state index in [1.807, 2.05) is 48.5 Å². The van der Waals surface area contributed by atoms with Crippen molar-refractivity contribution >= 4 is 22.5 Å². The molecule has 15 rings (SSSR count). The Hall–Kier alpha value is -10.2. The van der Waals surface area contributed by atoms with Gasteiger partial charge in [-0.15, -0.1) is 0 Å². The molecule has 0 amide bonds. The smallest absolute Gasteiger partial charge is 0.127 e. The number of hydrogen-bond acceptors (Lipinski definition) is 2. The quantitative estimate of drug-likeness (QED) is 0.133. The Bertz CT molecular complexity index is 4600. The molecule has 122 heavy (non-hydrogen) atoms. The van der Waals surface area contributed by atoms with E-state index in [1.165, 1.54) is 161 Å². The van der Waals surface area contributed by atoms with Crippen molar-refractivity contribution in [2.75, 3.05) is 0 Å². The van der Waals surface area contributed by atoms with Crippen LogP contribution in [0.5, 0.6) is 11.5 Å². The zero-order valence-electron chi connectivity index (χ0n) is 74.8. The normalized spacial score (nSPS) is 9.52. The van der Waals surface area contributed by atoms with Gasteiger partial charge >= 0.3 is 0 Å². The van der Waals surface area contributed by atoms with Crippen molar-refractivity contribution < 1.29 is 37.4 Å². The molecular weight excluding hydrogens is 1570 g/mol. The number of benzene rings is 15. The van der Waals surface area contributed by atoms with Crippen molar-refractivity contribution in [3.05, 3.63) is 482 Å². The Labute approximate surface area is 775 Å². The fourth-order valence-electron chi connectivity index (χ4n) is 11.5. The average molecular weight is 1720 g/mol. The first-order valence-corrected chi connectivity index (χ1v) is 41.4. The third kappa shape index (κ3) is 45.1. The van der Waals surface area contributed by atoms with Crippen LogP contribution in [0.1, 0.15) is 194 Å². The zero-order chi connectivity index (χ0) is 83.7. The summed E-state index contributed by atoms with van der Waals surface area (Å²) in [5.41, 5.74) is 31.8. The first kappa shape index (κ1) is 114. The van der Waals surface area contributed by atoms with Crippen LogP contribution in [0, 0.1) is 132 Å². The number of fused-ring (bicyclic) bond motifs is 1. The second-order valence-corrected chi connectivity index (χ2v) is 32.4. The summed E-state index contributed by atoms with van der Waals surface area (Å²) < 4.78 is 5.69. The zero-order valence-corrected chi connectivity index (χ0v) is 78.4. The van der Waals surface area contributed by atoms with Gasteiger partial charge in [0.1, 0.15) is 11.5 Å². The second kappa shape index (κ2) is 61.2. The molecule has 0 spiro atoms. The van der Waals surface area contributed by atoms with E-state index >= 15 is 0 Å². The van der Waals surface area contributed by atoms with E-state index in [0.29, 0.717) is 0 Å². The first-order chi connectivity index (χ1) is 55.0. The van der Waals surface area contributed by atoms with E-state index in [-0.39, 0.29) is 82.7 Å². The minimum atomic E-state index is 0. The Morgan fingerprint density at radius 1 is 0.230 bits per heavy atom. The van der Waals surface area contributed by atoms with Gasteiger partial charge in [-0.3, -0.25) is 0 Å². The molecule has 15 aromatic carbocycles. The molecule has 0 N–H and O–H groups in total. The number of aryl methyl sites for hydroxylation is 18. The predicted octanol–water partition coefficient (Wildman–Crippen LogP) is 36.5. The molecule has 0 aliphatic rings. The Morgan fingerprint density at radius 2 is 0.418 bits per heavy atom. The van der Waals surface area contributed by atoms with Gasteiger partial charge in [-0.25, -0.2) is 0 Å². The average Bonchev–Trinajstić information content (AvgIpc) is 0.804. The largest absolute Gasteiger partial charge is 0.457 e. The van der Waals surface area contributed by atoms with E-state index in [2.05, 4.69) is 456 Å². The summed E-state index contributed by atoms with van der Waals surface area (Å²) >= 11 is 1.80. The third-order valence-electron chi connectivity index (χ3n) is 18.9. The molecule has 0 atom stereocenters. The molecule has 0 unspecified atom stereocenters. The SMILES string of the molecule is C.C.C.C.C.CCC.Cc1ccc(-c2ccc(C)cc2)cc1.Cc1ccc(C(C)(C)c2ccc(C)cc2)cc1.Cc1ccc(C)cc1.Cc1ccc(C)cc1.Cc1ccc(Cc2ccc(C)cc2)cc1.Cc1ccc(Oc2ccc(C)cc2)cc1.Cc1ccc(Sc2ccc(C)cc2)cc1.Cc1ccc2cc(C)ccc2c1.Cc1cccc(C)c1.[CH3-].[Y]. The van der Waals surface area contributed by atoms with Crippen molar-refractivity contribution in [1.29, 1.82) is 0 Å². The summed E-state index contributed by atoms with van der Waals surface area (Å²) in [7, 11) is 0. The van der Waals surface area contributed by atoms with Crippen molar-refractivity contribution in [1.82, 2.24) is 0 Å². The maximum absolute atomic E-state index is 5.69. The van der Waals surface area contributed by atoms with Crippen LogP contribution in [0.3, 0.4) is 0 Å². The first-order valence-electron chi connectivity index (χ1n) is 40.6. The molecule has 1 radical (unpaired) electrons. The van der Waals surface area contributed by atoms with Crippen molar-refractivity contribution in [2.45, 2.75) is 218 Å². The molecule has 0 fully saturated rings. The van der Waals surface area contributed by atoms with Crippen LogP contribution in [0.15, 0.2) is 362 Å². The van der Waals surface area contributed by atoms with Gasteiger partial charge in [0.15, 0.2) is 0 Å². The van der Waals surface area contributed by atoms with E-state index in [0.717, 1.165) is 17.9 Å². The molecule has 0 aliphatic carbocycles. The molecule has 0 saturated heterocycles. The van der Waals surface area contributed by atoms with E-state index in [4.69, 9.17) is 4.74 Å². The molecular formula is C119H151OSY-. The van der Waals surface area contributed by atoms with Gasteiger partial charge in [-0.05, 0) is 224 Å². The van der Waals surface area contributed by atoms with Gasteiger partial charge in [-0.2, -0.15) is 0 Å². The molecule has 643 valence electrons. The van der Waals surface area contributed by atoms with Crippen LogP contribution >= 0.6 is 11.8 Å². The van der Waals surface area contributed by atoms with Crippen LogP contribution < -0.4 is 4.74 Å². The monoisotopic (exact) mass is 1720 g/mol. The molecule has 0 aliphatic heterocycles. The maximum atomic E-state index is 5.69. The van der Waals surface area contributed by atoms with Gasteiger partial charge in [0.25, 0.3) is 0 Å². The maximum Gasteiger partial charge on any atom is 0.127 e. The van der Waals surface area contributed by atoms with Crippen molar-refractivity contribution in [3.8, 4) is 22.6 Å². The summed E-state index contributed by atoms with van der Waals surface area (Å²) in [5.74, 6) is 1.76. The van der Waals surface area contributed by atoms with Crippen molar-refractivity contribution in [2.24, 2.45) is 0 Å². The molecule has 0 saturated carbocycles. The molecule has 3 heteroatoms. The predicted molar refractivity (Wildman–Crippen MR) is 547 cm³/mol. The molecule has 1 nitrogen and oxygen atoms in total. The fraction of sp³-hybridized carbons (Fsp3) is 0.252. The Morgan fingerprint density at radius 3 is 0.648 bits per heavy atom. The van der Waals surface area contributed by atoms with Crippen molar-refractivity contribution in [3.63, 3.8) is 0 Å². The number of rotatable bonds is 9. The van der Waals surface area contributed by atoms with Crippen LogP contribution in [0.2, 0.25) is 0 Å². The van der Waals surface area contributed by atoms with Crippen LogP contribution in [0.25, 0.3) is 21.9 Å². The van der Waals surface area contributed by atoms with Gasteiger partial charge in [0, 0.05) is 47.9 Å². The number of hydrogen-bond donors (Lipinski definition) is 0. The van der Waals surface area contributed by atoms with Gasteiger partial charge in [-0.1, -0.05) is 486 Å². The molecule has 15 aromatic rings. The summed E-state index contributed by atoms with van der Waals surface area (Å²) in [6.45, 7) is 46.7. The topological polar surface area (TPSA) is 9.23 Å². The molecule has 0 heterocycles. The van der Waals surface area contributed by atoms with Crippen LogP contribution in [0.4, 0.5) is 0 Å². The minimum absolute atomic E-state index is 0. The number of ether oxygens (including phenoxy) is 1. The Kier molecular flexibility index (Phi) is 57.1. The summed E-state index contributed by atoms with van der Waals surface area (Å²) in [6, 6.07) is 124. The standard InChI is InChI=1S/C17H20.C15H16.C14H14O.C14H14S.C14H14.C12H12.3C8H10.C3H8.5CH4.CH3.Y/c1-13-5-9-15(10-6-13)17(3,4)16-11-7-14(2)8-12-16;1-12-3-7-14(8-4-12)11-15-9-5-13(2)6-10-15;2*1-11-3-7-13(8-4-11)15-14-9-5-12(2)6-10-14;1-11-3-7-13(8-4-11)14-9-5-12(2)6-10-14;1-9-3-5-12-8-10(2)4-6-11(12)7-9;2*1-7-3-5-8(2)6-4-7;1-7-4-3-5-8(2)6-7;1-3-2;;;;;;;/h5-12H,1-4H3;3-10H,11H2,1-2H3;2*3-10H,1-2H3;3-10H,1-2H3;3-8H,1-2H3;3*3-6H,1-2H3;3H2,1-2H3;5*1H4;1H3;/q;;;;;;;;;;;;;;;-1;. The summed E-state index contributed by atoms with van der Waals surface area (Å²) in [5, 5.41) is 2.67.